The van der Waals surface area contributed by atoms with Crippen molar-refractivity contribution in [2.45, 2.75) is 20.8 Å². The molecule has 0 unspecified atom stereocenters. The summed E-state index contributed by atoms with van der Waals surface area (Å²) in [6, 6.07) is -0.775. The molecule has 0 radical (unpaired) electrons. The molecule has 0 aliphatic carbocycles. The van der Waals surface area contributed by atoms with Crippen molar-refractivity contribution in [1.29, 1.82) is 0 Å². The van der Waals surface area contributed by atoms with Crippen molar-refractivity contribution in [2.24, 2.45) is 11.1 Å². The molecule has 0 saturated carbocycles. The summed E-state index contributed by atoms with van der Waals surface area (Å²) in [5.74, 6) is -0.281. The number of nitrogens with two attached hydrogens (primary N) is 1. The first-order valence-electron chi connectivity index (χ1n) is 3.20. The van der Waals surface area contributed by atoms with Crippen LogP contribution < -0.4 is 16.6 Å². The summed E-state index contributed by atoms with van der Waals surface area (Å²) < 4.78 is 0. The fourth-order valence-electron chi connectivity index (χ4n) is 0.306. The first-order valence-corrected chi connectivity index (χ1v) is 3.20. The number of amides is 3. The largest absolute Gasteiger partial charge is 0.350 e. The van der Waals surface area contributed by atoms with E-state index in [1.807, 2.05) is 5.43 Å². The molecule has 0 aliphatic heterocycles. The van der Waals surface area contributed by atoms with Gasteiger partial charge < -0.3 is 5.73 Å². The van der Waals surface area contributed by atoms with Crippen molar-refractivity contribution in [3.63, 3.8) is 0 Å². The van der Waals surface area contributed by atoms with Gasteiger partial charge in [-0.1, -0.05) is 20.8 Å². The van der Waals surface area contributed by atoms with Crippen LogP contribution in [0, 0.1) is 5.41 Å². The van der Waals surface area contributed by atoms with Gasteiger partial charge in [0, 0.05) is 5.41 Å². The maximum atomic E-state index is 11.0. The minimum absolute atomic E-state index is 0.281. The van der Waals surface area contributed by atoms with Gasteiger partial charge in [0.2, 0.25) is 5.91 Å². The average molecular weight is 159 g/mol. The van der Waals surface area contributed by atoms with Crippen LogP contribution in [0.5, 0.6) is 0 Å². The molecule has 0 spiro atoms. The Hall–Kier alpha value is -1.26. The Labute approximate surface area is 65.3 Å². The van der Waals surface area contributed by atoms with Crippen LogP contribution in [0.2, 0.25) is 0 Å². The third kappa shape index (κ3) is 4.19. The van der Waals surface area contributed by atoms with E-state index in [0.717, 1.165) is 0 Å². The molecule has 0 bridgehead atoms. The van der Waals surface area contributed by atoms with Crippen LogP contribution in [-0.2, 0) is 4.79 Å². The van der Waals surface area contributed by atoms with Crippen LogP contribution in [0.1, 0.15) is 20.8 Å². The lowest BCUT2D eigenvalue weighted by Crippen LogP contribution is -2.48. The van der Waals surface area contributed by atoms with Crippen molar-refractivity contribution < 1.29 is 9.59 Å². The standard InChI is InChI=1S/C6H13N3O2/c1-6(2,3)4(10)8-9-5(7)11/h1-3H3,(H,8,10)(H3,7,9,11). The summed E-state index contributed by atoms with van der Waals surface area (Å²) >= 11 is 0. The lowest BCUT2D eigenvalue weighted by Gasteiger charge is -2.16. The number of urea groups is 1. The highest BCUT2D eigenvalue weighted by Gasteiger charge is 2.20. The number of rotatable bonds is 0. The quantitative estimate of drug-likeness (QED) is 0.425. The van der Waals surface area contributed by atoms with Gasteiger partial charge in [0.15, 0.2) is 0 Å². The molecular weight excluding hydrogens is 146 g/mol. The van der Waals surface area contributed by atoms with Gasteiger partial charge in [-0.05, 0) is 0 Å². The highest BCUT2D eigenvalue weighted by Crippen LogP contribution is 2.11. The fraction of sp³-hybridized carbons (Fsp3) is 0.667. The zero-order chi connectivity index (χ0) is 9.07. The Morgan fingerprint density at radius 2 is 1.64 bits per heavy atom. The molecule has 0 fully saturated rings. The smallest absolute Gasteiger partial charge is 0.330 e. The molecule has 4 N–H and O–H groups in total. The minimum Gasteiger partial charge on any atom is -0.350 e. The number of hydrazine groups is 1. The fourth-order valence-corrected chi connectivity index (χ4v) is 0.306. The van der Waals surface area contributed by atoms with Crippen molar-refractivity contribution in [1.82, 2.24) is 10.9 Å². The Bertz CT molecular complexity index is 171. The normalized spacial score (nSPS) is 10.5. The molecule has 0 atom stereocenters. The van der Waals surface area contributed by atoms with E-state index in [-0.39, 0.29) is 5.91 Å². The van der Waals surface area contributed by atoms with Crippen LogP contribution in [0.15, 0.2) is 0 Å². The van der Waals surface area contributed by atoms with Crippen LogP contribution in [-0.4, -0.2) is 11.9 Å². The van der Waals surface area contributed by atoms with Gasteiger partial charge in [-0.3, -0.25) is 10.2 Å². The van der Waals surface area contributed by atoms with Crippen LogP contribution in [0.4, 0.5) is 4.79 Å². The monoisotopic (exact) mass is 159 g/mol. The van der Waals surface area contributed by atoms with E-state index in [1.165, 1.54) is 0 Å². The Balaban J connectivity index is 3.80. The highest BCUT2D eigenvalue weighted by atomic mass is 16.2. The summed E-state index contributed by atoms with van der Waals surface area (Å²) in [7, 11) is 0. The summed E-state index contributed by atoms with van der Waals surface area (Å²) in [4.78, 5) is 21.1. The first-order chi connectivity index (χ1) is 4.84. The van der Waals surface area contributed by atoms with E-state index >= 15 is 0 Å². The average Bonchev–Trinajstić information content (AvgIpc) is 1.80. The third-order valence-electron chi connectivity index (χ3n) is 0.980. The summed E-state index contributed by atoms with van der Waals surface area (Å²) in [6.45, 7) is 5.18. The zero-order valence-electron chi connectivity index (χ0n) is 6.89. The summed E-state index contributed by atoms with van der Waals surface area (Å²) in [5.41, 5.74) is 8.34. The molecule has 64 valence electrons. The van der Waals surface area contributed by atoms with Crippen molar-refractivity contribution in [2.75, 3.05) is 0 Å². The lowest BCUT2D eigenvalue weighted by molar-refractivity contribution is -0.129. The van der Waals surface area contributed by atoms with E-state index in [2.05, 4.69) is 5.43 Å². The van der Waals surface area contributed by atoms with E-state index in [1.54, 1.807) is 20.8 Å². The second kappa shape index (κ2) is 3.23. The zero-order valence-corrected chi connectivity index (χ0v) is 6.89. The number of carbonyl (C=O) groups excluding carboxylic acids is 2. The molecule has 0 aromatic rings. The van der Waals surface area contributed by atoms with Gasteiger partial charge in [0.25, 0.3) is 0 Å². The molecule has 11 heavy (non-hydrogen) atoms. The molecule has 5 heteroatoms. The molecule has 0 saturated heterocycles. The van der Waals surface area contributed by atoms with Gasteiger partial charge in [0.1, 0.15) is 0 Å². The maximum absolute atomic E-state index is 11.0. The summed E-state index contributed by atoms with van der Waals surface area (Å²) in [6.07, 6.45) is 0. The number of hydrogen-bond acceptors (Lipinski definition) is 2. The van der Waals surface area contributed by atoms with Crippen LogP contribution in [0.25, 0.3) is 0 Å². The van der Waals surface area contributed by atoms with Gasteiger partial charge in [-0.15, -0.1) is 0 Å². The van der Waals surface area contributed by atoms with E-state index in [9.17, 15) is 9.59 Å². The molecule has 0 heterocycles. The minimum atomic E-state index is -0.775. The molecule has 0 aromatic carbocycles. The van der Waals surface area contributed by atoms with Crippen molar-refractivity contribution in [3.8, 4) is 0 Å². The Morgan fingerprint density at radius 1 is 1.18 bits per heavy atom. The molecule has 5 nitrogen and oxygen atoms in total. The number of hydrogen-bond donors (Lipinski definition) is 3. The molecular formula is C6H13N3O2. The Kier molecular flexibility index (Phi) is 2.86. The van der Waals surface area contributed by atoms with E-state index in [4.69, 9.17) is 5.73 Å². The number of nitrogens with one attached hydrogen (secondary N) is 2. The number of carbonyl (C=O) groups is 2. The van der Waals surface area contributed by atoms with Gasteiger partial charge in [-0.2, -0.15) is 0 Å². The van der Waals surface area contributed by atoms with Crippen LogP contribution in [0.3, 0.4) is 0 Å². The van der Waals surface area contributed by atoms with E-state index < -0.39 is 11.4 Å². The highest BCUT2D eigenvalue weighted by molar-refractivity contribution is 5.83. The topological polar surface area (TPSA) is 84.2 Å². The lowest BCUT2D eigenvalue weighted by atomic mass is 9.96. The molecule has 0 aliphatic rings. The van der Waals surface area contributed by atoms with Crippen molar-refractivity contribution in [3.05, 3.63) is 0 Å². The van der Waals surface area contributed by atoms with E-state index in [0.29, 0.717) is 0 Å². The first kappa shape index (κ1) is 9.74. The van der Waals surface area contributed by atoms with Gasteiger partial charge in [-0.25, -0.2) is 10.2 Å². The predicted octanol–water partition coefficient (Wildman–Crippen LogP) is -0.268. The Morgan fingerprint density at radius 3 is 1.91 bits per heavy atom. The number of primary amides is 1. The predicted molar refractivity (Wildman–Crippen MR) is 40.3 cm³/mol. The third-order valence-corrected chi connectivity index (χ3v) is 0.980. The van der Waals surface area contributed by atoms with Crippen LogP contribution >= 0.6 is 0 Å². The van der Waals surface area contributed by atoms with Gasteiger partial charge in [0.05, 0.1) is 0 Å². The SMILES string of the molecule is CC(C)(C)C(=O)NNC(N)=O. The molecule has 0 aromatic heterocycles. The summed E-state index contributed by atoms with van der Waals surface area (Å²) in [5, 5.41) is 0. The maximum Gasteiger partial charge on any atom is 0.330 e. The second-order valence-electron chi connectivity index (χ2n) is 3.19. The van der Waals surface area contributed by atoms with Gasteiger partial charge >= 0.3 is 6.03 Å². The molecule has 3 amide bonds. The molecule has 0 rings (SSSR count). The second-order valence-corrected chi connectivity index (χ2v) is 3.19. The van der Waals surface area contributed by atoms with Crippen molar-refractivity contribution >= 4 is 11.9 Å².